The molecule has 20 heavy (non-hydrogen) atoms. The summed E-state index contributed by atoms with van der Waals surface area (Å²) in [5, 5.41) is 0. The predicted molar refractivity (Wildman–Crippen MR) is 76.3 cm³/mol. The first kappa shape index (κ1) is 15.3. The molecule has 2 fully saturated rings. The molecule has 5 heteroatoms. The van der Waals surface area contributed by atoms with Crippen molar-refractivity contribution in [2.75, 3.05) is 26.7 Å². The van der Waals surface area contributed by atoms with Crippen LogP contribution in [0.3, 0.4) is 0 Å². The first-order chi connectivity index (χ1) is 9.52. The number of imide groups is 1. The van der Waals surface area contributed by atoms with Gasteiger partial charge in [-0.05, 0) is 51.7 Å². The van der Waals surface area contributed by atoms with E-state index in [1.165, 1.54) is 4.90 Å². The molecule has 2 aliphatic heterocycles. The highest BCUT2D eigenvalue weighted by Crippen LogP contribution is 2.26. The lowest BCUT2D eigenvalue weighted by atomic mass is 9.87. The molecule has 0 radical (unpaired) electrons. The van der Waals surface area contributed by atoms with Gasteiger partial charge in [-0.25, -0.2) is 9.69 Å². The van der Waals surface area contributed by atoms with Crippen LogP contribution in [0.25, 0.3) is 0 Å². The SMILES string of the molecule is CC[C@H]1COC(=O)N1C(=O)[C@@H](C)CC1CCN(C)CC1. The summed E-state index contributed by atoms with van der Waals surface area (Å²) in [6.07, 6.45) is 3.48. The first-order valence-electron chi connectivity index (χ1n) is 7.71. The number of amides is 2. The summed E-state index contributed by atoms with van der Waals surface area (Å²) in [5.41, 5.74) is 0. The van der Waals surface area contributed by atoms with Crippen molar-refractivity contribution in [3.8, 4) is 0 Å². The van der Waals surface area contributed by atoms with Gasteiger partial charge in [0.2, 0.25) is 5.91 Å². The molecule has 2 aliphatic rings. The molecule has 0 spiro atoms. The van der Waals surface area contributed by atoms with Gasteiger partial charge in [-0.3, -0.25) is 4.79 Å². The summed E-state index contributed by atoms with van der Waals surface area (Å²) in [7, 11) is 2.14. The van der Waals surface area contributed by atoms with E-state index in [2.05, 4.69) is 11.9 Å². The summed E-state index contributed by atoms with van der Waals surface area (Å²) in [4.78, 5) is 27.9. The lowest BCUT2D eigenvalue weighted by Gasteiger charge is -2.31. The highest BCUT2D eigenvalue weighted by Gasteiger charge is 2.39. The molecule has 2 heterocycles. The Balaban J connectivity index is 1.89. The predicted octanol–water partition coefficient (Wildman–Crippen LogP) is 2.11. The first-order valence-corrected chi connectivity index (χ1v) is 7.71. The smallest absolute Gasteiger partial charge is 0.416 e. The van der Waals surface area contributed by atoms with Crippen LogP contribution >= 0.6 is 0 Å². The van der Waals surface area contributed by atoms with Crippen molar-refractivity contribution in [3.63, 3.8) is 0 Å². The van der Waals surface area contributed by atoms with E-state index in [-0.39, 0.29) is 17.9 Å². The average molecular weight is 282 g/mol. The van der Waals surface area contributed by atoms with Crippen molar-refractivity contribution < 1.29 is 14.3 Å². The van der Waals surface area contributed by atoms with E-state index in [1.807, 2.05) is 13.8 Å². The maximum atomic E-state index is 12.5. The Morgan fingerprint density at radius 2 is 2.05 bits per heavy atom. The van der Waals surface area contributed by atoms with Crippen LogP contribution < -0.4 is 0 Å². The molecule has 0 aliphatic carbocycles. The van der Waals surface area contributed by atoms with Crippen LogP contribution in [0.5, 0.6) is 0 Å². The third-order valence-corrected chi connectivity index (χ3v) is 4.62. The highest BCUT2D eigenvalue weighted by atomic mass is 16.6. The third kappa shape index (κ3) is 3.32. The molecule has 0 unspecified atom stereocenters. The van der Waals surface area contributed by atoms with Crippen molar-refractivity contribution in [1.29, 1.82) is 0 Å². The van der Waals surface area contributed by atoms with Gasteiger partial charge < -0.3 is 9.64 Å². The Morgan fingerprint density at radius 3 is 2.65 bits per heavy atom. The molecule has 2 rings (SSSR count). The molecule has 5 nitrogen and oxygen atoms in total. The summed E-state index contributed by atoms with van der Waals surface area (Å²) in [6, 6.07) is -0.0741. The molecule has 0 aromatic heterocycles. The zero-order chi connectivity index (χ0) is 14.7. The fourth-order valence-electron chi connectivity index (χ4n) is 3.17. The minimum Gasteiger partial charge on any atom is -0.447 e. The fraction of sp³-hybridized carbons (Fsp3) is 0.867. The van der Waals surface area contributed by atoms with Crippen molar-refractivity contribution in [2.24, 2.45) is 11.8 Å². The van der Waals surface area contributed by atoms with Gasteiger partial charge >= 0.3 is 6.09 Å². The van der Waals surface area contributed by atoms with E-state index in [4.69, 9.17) is 4.74 Å². The second-order valence-corrected chi connectivity index (χ2v) is 6.23. The summed E-state index contributed by atoms with van der Waals surface area (Å²) >= 11 is 0. The monoisotopic (exact) mass is 282 g/mol. The molecule has 0 aromatic carbocycles. The van der Waals surface area contributed by atoms with Crippen molar-refractivity contribution in [1.82, 2.24) is 9.80 Å². The molecular formula is C15H26N2O3. The van der Waals surface area contributed by atoms with E-state index in [0.717, 1.165) is 38.8 Å². The Kier molecular flexibility index (Phi) is 5.02. The van der Waals surface area contributed by atoms with Gasteiger partial charge in [-0.1, -0.05) is 13.8 Å². The Hall–Kier alpha value is -1.10. The number of hydrogen-bond acceptors (Lipinski definition) is 4. The van der Waals surface area contributed by atoms with Gasteiger partial charge in [-0.15, -0.1) is 0 Å². The fourth-order valence-corrected chi connectivity index (χ4v) is 3.17. The molecule has 2 saturated heterocycles. The molecule has 0 aromatic rings. The number of piperidine rings is 1. The Labute approximate surface area is 121 Å². The summed E-state index contributed by atoms with van der Waals surface area (Å²) < 4.78 is 5.00. The van der Waals surface area contributed by atoms with Crippen LogP contribution in [0.2, 0.25) is 0 Å². The molecule has 114 valence electrons. The molecule has 2 amide bonds. The van der Waals surface area contributed by atoms with Gasteiger partial charge in [0.05, 0.1) is 6.04 Å². The summed E-state index contributed by atoms with van der Waals surface area (Å²) in [6.45, 7) is 6.49. The molecule has 0 N–H and O–H groups in total. The van der Waals surface area contributed by atoms with Crippen LogP contribution in [0.1, 0.15) is 39.5 Å². The van der Waals surface area contributed by atoms with E-state index in [1.54, 1.807) is 0 Å². The van der Waals surface area contributed by atoms with Crippen LogP contribution in [-0.2, 0) is 9.53 Å². The lowest BCUT2D eigenvalue weighted by molar-refractivity contribution is -0.133. The molecule has 0 saturated carbocycles. The largest absolute Gasteiger partial charge is 0.447 e. The number of nitrogens with zero attached hydrogens (tertiary/aromatic N) is 2. The second kappa shape index (κ2) is 6.57. The quantitative estimate of drug-likeness (QED) is 0.792. The number of carbonyl (C=O) groups excluding carboxylic acids is 2. The van der Waals surface area contributed by atoms with Crippen LogP contribution in [0, 0.1) is 11.8 Å². The van der Waals surface area contributed by atoms with Gasteiger partial charge in [0.15, 0.2) is 0 Å². The molecular weight excluding hydrogens is 256 g/mol. The standard InChI is InChI=1S/C15H26N2O3/c1-4-13-10-20-15(19)17(13)14(18)11(2)9-12-5-7-16(3)8-6-12/h11-13H,4-10H2,1-3H3/t11-,13-/m0/s1. The minimum absolute atomic E-state index is 0.0571. The van der Waals surface area contributed by atoms with Crippen LogP contribution in [-0.4, -0.2) is 54.6 Å². The lowest BCUT2D eigenvalue weighted by Crippen LogP contribution is -2.42. The second-order valence-electron chi connectivity index (χ2n) is 6.23. The zero-order valence-corrected chi connectivity index (χ0v) is 12.8. The van der Waals surface area contributed by atoms with Crippen LogP contribution in [0.4, 0.5) is 4.79 Å². The van der Waals surface area contributed by atoms with E-state index in [9.17, 15) is 9.59 Å². The molecule has 2 atom stereocenters. The maximum Gasteiger partial charge on any atom is 0.416 e. The van der Waals surface area contributed by atoms with Crippen molar-refractivity contribution in [3.05, 3.63) is 0 Å². The van der Waals surface area contributed by atoms with Gasteiger partial charge in [-0.2, -0.15) is 0 Å². The zero-order valence-electron chi connectivity index (χ0n) is 12.8. The van der Waals surface area contributed by atoms with Gasteiger partial charge in [0.25, 0.3) is 0 Å². The number of rotatable bonds is 4. The Morgan fingerprint density at radius 1 is 1.40 bits per heavy atom. The van der Waals surface area contributed by atoms with E-state index < -0.39 is 6.09 Å². The maximum absolute atomic E-state index is 12.5. The number of hydrogen-bond donors (Lipinski definition) is 0. The highest BCUT2D eigenvalue weighted by molar-refractivity contribution is 5.94. The van der Waals surface area contributed by atoms with Gasteiger partial charge in [0.1, 0.15) is 6.61 Å². The number of carbonyl (C=O) groups is 2. The van der Waals surface area contributed by atoms with Crippen LogP contribution in [0.15, 0.2) is 0 Å². The van der Waals surface area contributed by atoms with Crippen molar-refractivity contribution in [2.45, 2.75) is 45.6 Å². The normalized spacial score (nSPS) is 26.6. The number of ether oxygens (including phenoxy) is 1. The number of cyclic esters (lactones) is 1. The third-order valence-electron chi connectivity index (χ3n) is 4.62. The van der Waals surface area contributed by atoms with Crippen molar-refractivity contribution >= 4 is 12.0 Å². The Bertz CT molecular complexity index is 364. The minimum atomic E-state index is -0.461. The van der Waals surface area contributed by atoms with E-state index >= 15 is 0 Å². The van der Waals surface area contributed by atoms with E-state index in [0.29, 0.717) is 12.5 Å². The summed E-state index contributed by atoms with van der Waals surface area (Å²) in [5.74, 6) is 0.449. The van der Waals surface area contributed by atoms with Gasteiger partial charge in [0, 0.05) is 5.92 Å². The molecule has 0 bridgehead atoms. The average Bonchev–Trinajstić information content (AvgIpc) is 2.81. The topological polar surface area (TPSA) is 49.9 Å². The number of likely N-dealkylation sites (tertiary alicyclic amines) is 1.